The van der Waals surface area contributed by atoms with E-state index in [0.717, 1.165) is 13.0 Å². The zero-order valence-corrected chi connectivity index (χ0v) is 14.7. The van der Waals surface area contributed by atoms with E-state index >= 15 is 0 Å². The van der Waals surface area contributed by atoms with Crippen molar-refractivity contribution in [2.24, 2.45) is 4.99 Å². The molecule has 0 saturated carbocycles. The number of para-hydroxylation sites is 1. The van der Waals surface area contributed by atoms with Gasteiger partial charge in [0, 0.05) is 37.2 Å². The number of fused-ring (bicyclic) bond motifs is 1. The minimum atomic E-state index is -0.387. The maximum atomic E-state index is 9.24. The van der Waals surface area contributed by atoms with Crippen molar-refractivity contribution in [3.63, 3.8) is 0 Å². The number of aliphatic hydroxyl groups is 1. The number of benzene rings is 1. The van der Waals surface area contributed by atoms with Crippen LogP contribution in [0.1, 0.15) is 12.5 Å². The highest BCUT2D eigenvalue weighted by Crippen LogP contribution is 2.17. The second-order valence-electron chi connectivity index (χ2n) is 4.84. The van der Waals surface area contributed by atoms with Crippen molar-refractivity contribution in [1.82, 2.24) is 15.6 Å². The van der Waals surface area contributed by atoms with Crippen LogP contribution in [0.15, 0.2) is 35.5 Å². The maximum absolute atomic E-state index is 9.24. The molecule has 1 unspecified atom stereocenters. The van der Waals surface area contributed by atoms with Gasteiger partial charge in [0.05, 0.1) is 6.10 Å². The Hall–Kier alpha value is -1.28. The fourth-order valence-electron chi connectivity index (χ4n) is 2.12. The first kappa shape index (κ1) is 17.8. The summed E-state index contributed by atoms with van der Waals surface area (Å²) in [5.74, 6) is 0.714. The van der Waals surface area contributed by atoms with E-state index in [1.807, 2.05) is 6.07 Å². The summed E-state index contributed by atoms with van der Waals surface area (Å²) in [5, 5.41) is 16.8. The lowest BCUT2D eigenvalue weighted by Crippen LogP contribution is -2.41. The van der Waals surface area contributed by atoms with Gasteiger partial charge in [-0.25, -0.2) is 0 Å². The molecule has 1 heterocycles. The van der Waals surface area contributed by atoms with Crippen LogP contribution in [0.3, 0.4) is 0 Å². The Morgan fingerprint density at radius 2 is 2.10 bits per heavy atom. The first-order valence-electron chi connectivity index (χ1n) is 6.88. The van der Waals surface area contributed by atoms with Gasteiger partial charge in [0.15, 0.2) is 5.96 Å². The molecular weight excluding hydrogens is 379 g/mol. The lowest BCUT2D eigenvalue weighted by Gasteiger charge is -2.12. The van der Waals surface area contributed by atoms with Crippen LogP contribution in [0, 0.1) is 0 Å². The highest BCUT2D eigenvalue weighted by Gasteiger charge is 2.04. The number of aromatic nitrogens is 1. The van der Waals surface area contributed by atoms with E-state index in [4.69, 9.17) is 0 Å². The molecule has 0 spiro atoms. The predicted octanol–water partition coefficient (Wildman–Crippen LogP) is 1.87. The zero-order valence-electron chi connectivity index (χ0n) is 12.4. The van der Waals surface area contributed by atoms with Crippen LogP contribution in [0.25, 0.3) is 10.9 Å². The molecule has 4 N–H and O–H groups in total. The third-order valence-electron chi connectivity index (χ3n) is 3.15. The van der Waals surface area contributed by atoms with Crippen LogP contribution in [-0.4, -0.2) is 42.3 Å². The number of nitrogens with one attached hydrogen (secondary N) is 3. The highest BCUT2D eigenvalue weighted by molar-refractivity contribution is 14.0. The van der Waals surface area contributed by atoms with Gasteiger partial charge in [-0.15, -0.1) is 24.0 Å². The van der Waals surface area contributed by atoms with Crippen LogP contribution in [0.4, 0.5) is 0 Å². The van der Waals surface area contributed by atoms with Gasteiger partial charge in [0.25, 0.3) is 0 Å². The molecule has 1 aromatic heterocycles. The summed E-state index contributed by atoms with van der Waals surface area (Å²) in [6.45, 7) is 3.03. The Kier molecular flexibility index (Phi) is 7.52. The van der Waals surface area contributed by atoms with Crippen molar-refractivity contribution >= 4 is 40.8 Å². The number of halogens is 1. The molecular formula is C15H23IN4O. The van der Waals surface area contributed by atoms with Gasteiger partial charge in [-0.2, -0.15) is 0 Å². The van der Waals surface area contributed by atoms with Gasteiger partial charge in [-0.1, -0.05) is 18.2 Å². The lowest BCUT2D eigenvalue weighted by atomic mass is 10.1. The Balaban J connectivity index is 0.00000220. The van der Waals surface area contributed by atoms with E-state index in [2.05, 4.69) is 45.0 Å². The molecule has 116 valence electrons. The Morgan fingerprint density at radius 3 is 2.81 bits per heavy atom. The number of aliphatic imine (C=N–C) groups is 1. The summed E-state index contributed by atoms with van der Waals surface area (Å²) in [7, 11) is 1.73. The quantitative estimate of drug-likeness (QED) is 0.351. The molecule has 0 amide bonds. The molecule has 0 aliphatic heterocycles. The molecule has 6 heteroatoms. The molecule has 0 fully saturated rings. The van der Waals surface area contributed by atoms with Crippen molar-refractivity contribution in [2.45, 2.75) is 19.4 Å². The molecule has 0 aliphatic rings. The largest absolute Gasteiger partial charge is 0.392 e. The molecule has 2 rings (SSSR count). The summed E-state index contributed by atoms with van der Waals surface area (Å²) in [4.78, 5) is 7.39. The van der Waals surface area contributed by atoms with Crippen molar-refractivity contribution in [1.29, 1.82) is 0 Å². The van der Waals surface area contributed by atoms with Gasteiger partial charge >= 0.3 is 0 Å². The average Bonchev–Trinajstić information content (AvgIpc) is 2.86. The van der Waals surface area contributed by atoms with E-state index in [1.54, 1.807) is 14.0 Å². The van der Waals surface area contributed by atoms with Crippen molar-refractivity contribution in [3.8, 4) is 0 Å². The predicted molar refractivity (Wildman–Crippen MR) is 98.5 cm³/mol. The first-order valence-corrected chi connectivity index (χ1v) is 6.88. The first-order chi connectivity index (χ1) is 9.70. The molecule has 0 radical (unpaired) electrons. The fourth-order valence-corrected chi connectivity index (χ4v) is 2.12. The second kappa shape index (κ2) is 8.89. The van der Waals surface area contributed by atoms with Crippen molar-refractivity contribution < 1.29 is 5.11 Å². The fraction of sp³-hybridized carbons (Fsp3) is 0.400. The van der Waals surface area contributed by atoms with Gasteiger partial charge in [0.1, 0.15) is 0 Å². The number of aliphatic hydroxyl groups excluding tert-OH is 1. The van der Waals surface area contributed by atoms with Crippen LogP contribution in [-0.2, 0) is 6.42 Å². The molecule has 5 nitrogen and oxygen atoms in total. The minimum absolute atomic E-state index is 0. The Morgan fingerprint density at radius 1 is 1.33 bits per heavy atom. The summed E-state index contributed by atoms with van der Waals surface area (Å²) in [6, 6.07) is 8.29. The molecule has 1 atom stereocenters. The van der Waals surface area contributed by atoms with Gasteiger partial charge in [-0.3, -0.25) is 4.99 Å². The van der Waals surface area contributed by atoms with Crippen LogP contribution in [0.5, 0.6) is 0 Å². The summed E-state index contributed by atoms with van der Waals surface area (Å²) < 4.78 is 0. The SMILES string of the molecule is CN=C(NCCc1c[nH]c2ccccc12)NCC(C)O.I. The zero-order chi connectivity index (χ0) is 14.4. The van der Waals surface area contributed by atoms with Crippen LogP contribution < -0.4 is 10.6 Å². The van der Waals surface area contributed by atoms with E-state index < -0.39 is 0 Å². The van der Waals surface area contributed by atoms with Crippen molar-refractivity contribution in [2.75, 3.05) is 20.1 Å². The number of hydrogen-bond donors (Lipinski definition) is 4. The molecule has 1 aromatic carbocycles. The van der Waals surface area contributed by atoms with Gasteiger partial charge in [0.2, 0.25) is 0 Å². The van der Waals surface area contributed by atoms with Crippen LogP contribution >= 0.6 is 24.0 Å². The number of hydrogen-bond acceptors (Lipinski definition) is 2. The monoisotopic (exact) mass is 402 g/mol. The van der Waals surface area contributed by atoms with E-state index in [0.29, 0.717) is 12.5 Å². The number of guanidine groups is 1. The van der Waals surface area contributed by atoms with Crippen molar-refractivity contribution in [3.05, 3.63) is 36.0 Å². The normalized spacial score (nSPS) is 12.8. The van der Waals surface area contributed by atoms with E-state index in [-0.39, 0.29) is 30.1 Å². The van der Waals surface area contributed by atoms with Crippen LogP contribution in [0.2, 0.25) is 0 Å². The van der Waals surface area contributed by atoms with Gasteiger partial charge in [-0.05, 0) is 25.0 Å². The lowest BCUT2D eigenvalue weighted by molar-refractivity contribution is 0.197. The molecule has 0 aliphatic carbocycles. The third kappa shape index (κ3) is 5.20. The molecule has 2 aromatic rings. The summed E-state index contributed by atoms with van der Waals surface area (Å²) in [6.07, 6.45) is 2.58. The topological polar surface area (TPSA) is 72.4 Å². The van der Waals surface area contributed by atoms with E-state index in [9.17, 15) is 5.11 Å². The Labute approximate surface area is 142 Å². The molecule has 21 heavy (non-hydrogen) atoms. The Bertz CT molecular complexity index is 580. The second-order valence-corrected chi connectivity index (χ2v) is 4.84. The summed E-state index contributed by atoms with van der Waals surface area (Å²) >= 11 is 0. The number of rotatable bonds is 5. The van der Waals surface area contributed by atoms with Gasteiger partial charge < -0.3 is 20.7 Å². The minimum Gasteiger partial charge on any atom is -0.392 e. The summed E-state index contributed by atoms with van der Waals surface area (Å²) in [5.41, 5.74) is 2.46. The number of H-pyrrole nitrogens is 1. The number of nitrogens with zero attached hydrogens (tertiary/aromatic N) is 1. The van der Waals surface area contributed by atoms with E-state index in [1.165, 1.54) is 16.5 Å². The molecule has 0 saturated heterocycles. The average molecular weight is 402 g/mol. The third-order valence-corrected chi connectivity index (χ3v) is 3.15. The maximum Gasteiger partial charge on any atom is 0.191 e. The standard InChI is InChI=1S/C15H22N4O.HI/c1-11(20)9-19-15(16-2)17-8-7-12-10-18-14-6-4-3-5-13(12)14;/h3-6,10-11,18,20H,7-9H2,1-2H3,(H2,16,17,19);1H. The smallest absolute Gasteiger partial charge is 0.191 e. The highest BCUT2D eigenvalue weighted by atomic mass is 127. The molecule has 0 bridgehead atoms. The number of aromatic amines is 1.